The van der Waals surface area contributed by atoms with Crippen LogP contribution in [0.3, 0.4) is 0 Å². The zero-order valence-electron chi connectivity index (χ0n) is 9.66. The van der Waals surface area contributed by atoms with E-state index in [4.69, 9.17) is 11.0 Å². The highest BCUT2D eigenvalue weighted by molar-refractivity contribution is 4.71. The van der Waals surface area contributed by atoms with Crippen LogP contribution in [0.4, 0.5) is 0 Å². The Hall–Kier alpha value is -0.590. The molecular weight excluding hydrogens is 174 g/mol. The van der Waals surface area contributed by atoms with E-state index < -0.39 is 0 Å². The van der Waals surface area contributed by atoms with Gasteiger partial charge in [0.1, 0.15) is 0 Å². The van der Waals surface area contributed by atoms with Gasteiger partial charge in [0.15, 0.2) is 0 Å². The molecule has 0 saturated carbocycles. The molecular formula is C11H23N3. The summed E-state index contributed by atoms with van der Waals surface area (Å²) >= 11 is 0. The zero-order valence-corrected chi connectivity index (χ0v) is 9.66. The van der Waals surface area contributed by atoms with Crippen molar-refractivity contribution in [3.05, 3.63) is 0 Å². The first kappa shape index (κ1) is 13.4. The number of rotatable bonds is 7. The third kappa shape index (κ3) is 6.88. The molecule has 0 aromatic rings. The summed E-state index contributed by atoms with van der Waals surface area (Å²) in [4.78, 5) is 2.25. The Morgan fingerprint density at radius 3 is 2.50 bits per heavy atom. The minimum Gasteiger partial charge on any atom is -0.327 e. The van der Waals surface area contributed by atoms with Crippen LogP contribution in [-0.2, 0) is 0 Å². The molecule has 0 aliphatic heterocycles. The van der Waals surface area contributed by atoms with E-state index in [0.717, 1.165) is 25.9 Å². The van der Waals surface area contributed by atoms with Crippen LogP contribution in [0.2, 0.25) is 0 Å². The zero-order chi connectivity index (χ0) is 11.0. The SMILES string of the molecule is CC(C)C(N)CCN(C)CCCC#N. The second-order valence-corrected chi connectivity index (χ2v) is 4.26. The third-order valence-corrected chi connectivity index (χ3v) is 2.53. The molecule has 1 unspecified atom stereocenters. The van der Waals surface area contributed by atoms with Gasteiger partial charge in [-0.3, -0.25) is 0 Å². The smallest absolute Gasteiger partial charge is 0.0622 e. The maximum absolute atomic E-state index is 8.38. The summed E-state index contributed by atoms with van der Waals surface area (Å²) in [6.45, 7) is 6.34. The number of hydrogen-bond acceptors (Lipinski definition) is 3. The van der Waals surface area contributed by atoms with Gasteiger partial charge in [0.2, 0.25) is 0 Å². The number of nitrogens with two attached hydrogens (primary N) is 1. The molecule has 0 fully saturated rings. The van der Waals surface area contributed by atoms with Crippen LogP contribution in [0.15, 0.2) is 0 Å². The van der Waals surface area contributed by atoms with Crippen LogP contribution in [0.25, 0.3) is 0 Å². The quantitative estimate of drug-likeness (QED) is 0.631. The van der Waals surface area contributed by atoms with E-state index in [1.807, 2.05) is 0 Å². The number of unbranched alkanes of at least 4 members (excludes halogenated alkanes) is 1. The largest absolute Gasteiger partial charge is 0.327 e. The summed E-state index contributed by atoms with van der Waals surface area (Å²) in [5.74, 6) is 0.558. The highest BCUT2D eigenvalue weighted by Gasteiger charge is 2.08. The van der Waals surface area contributed by atoms with Crippen molar-refractivity contribution in [2.24, 2.45) is 11.7 Å². The molecule has 0 aromatic heterocycles. The van der Waals surface area contributed by atoms with Gasteiger partial charge < -0.3 is 10.6 Å². The van der Waals surface area contributed by atoms with E-state index in [1.165, 1.54) is 0 Å². The lowest BCUT2D eigenvalue weighted by atomic mass is 10.0. The highest BCUT2D eigenvalue weighted by atomic mass is 15.1. The van der Waals surface area contributed by atoms with E-state index in [1.54, 1.807) is 0 Å². The fraction of sp³-hybridized carbons (Fsp3) is 0.909. The maximum Gasteiger partial charge on any atom is 0.0622 e. The molecule has 0 saturated heterocycles. The maximum atomic E-state index is 8.38. The van der Waals surface area contributed by atoms with Crippen molar-refractivity contribution in [2.75, 3.05) is 20.1 Å². The summed E-state index contributed by atoms with van der Waals surface area (Å²) < 4.78 is 0. The minimum absolute atomic E-state index is 0.299. The number of nitriles is 1. The topological polar surface area (TPSA) is 53.0 Å². The fourth-order valence-corrected chi connectivity index (χ4v) is 1.24. The van der Waals surface area contributed by atoms with Gasteiger partial charge in [0.25, 0.3) is 0 Å². The Labute approximate surface area is 87.9 Å². The summed E-state index contributed by atoms with van der Waals surface area (Å²) in [5.41, 5.74) is 5.94. The van der Waals surface area contributed by atoms with Crippen LogP contribution >= 0.6 is 0 Å². The first-order chi connectivity index (χ1) is 6.57. The van der Waals surface area contributed by atoms with Crippen molar-refractivity contribution in [1.29, 1.82) is 5.26 Å². The van der Waals surface area contributed by atoms with Gasteiger partial charge in [-0.1, -0.05) is 13.8 Å². The van der Waals surface area contributed by atoms with Crippen LogP contribution in [-0.4, -0.2) is 31.1 Å². The van der Waals surface area contributed by atoms with Crippen molar-refractivity contribution >= 4 is 0 Å². The average Bonchev–Trinajstić information content (AvgIpc) is 2.14. The normalized spacial score (nSPS) is 13.2. The molecule has 0 bridgehead atoms. The first-order valence-corrected chi connectivity index (χ1v) is 5.39. The van der Waals surface area contributed by atoms with Crippen LogP contribution in [0, 0.1) is 17.2 Å². The van der Waals surface area contributed by atoms with E-state index >= 15 is 0 Å². The number of nitrogens with zero attached hydrogens (tertiary/aromatic N) is 2. The summed E-state index contributed by atoms with van der Waals surface area (Å²) in [7, 11) is 2.09. The Bertz CT molecular complexity index is 172. The Morgan fingerprint density at radius 2 is 2.00 bits per heavy atom. The third-order valence-electron chi connectivity index (χ3n) is 2.53. The molecule has 0 aliphatic rings. The molecule has 3 nitrogen and oxygen atoms in total. The Kier molecular flexibility index (Phi) is 7.45. The average molecular weight is 197 g/mol. The molecule has 14 heavy (non-hydrogen) atoms. The summed E-state index contributed by atoms with van der Waals surface area (Å²) in [5, 5.41) is 8.38. The predicted molar refractivity (Wildman–Crippen MR) is 59.8 cm³/mol. The van der Waals surface area contributed by atoms with Crippen molar-refractivity contribution in [3.8, 4) is 6.07 Å². The minimum atomic E-state index is 0.299. The molecule has 0 rings (SSSR count). The molecule has 82 valence electrons. The first-order valence-electron chi connectivity index (χ1n) is 5.39. The molecule has 0 aliphatic carbocycles. The standard InChI is InChI=1S/C11H23N3/c1-10(2)11(13)6-9-14(3)8-5-4-7-12/h10-11H,4-6,8-9,13H2,1-3H3. The monoisotopic (exact) mass is 197 g/mol. The van der Waals surface area contributed by atoms with Gasteiger partial charge >= 0.3 is 0 Å². The summed E-state index contributed by atoms with van der Waals surface area (Å²) in [6, 6.07) is 2.45. The van der Waals surface area contributed by atoms with Gasteiger partial charge in [0.05, 0.1) is 6.07 Å². The molecule has 2 N–H and O–H groups in total. The van der Waals surface area contributed by atoms with E-state index in [9.17, 15) is 0 Å². The second kappa shape index (κ2) is 7.78. The Morgan fingerprint density at radius 1 is 1.36 bits per heavy atom. The van der Waals surface area contributed by atoms with E-state index in [-0.39, 0.29) is 0 Å². The van der Waals surface area contributed by atoms with Crippen molar-refractivity contribution < 1.29 is 0 Å². The van der Waals surface area contributed by atoms with Crippen LogP contribution < -0.4 is 5.73 Å². The van der Waals surface area contributed by atoms with Gasteiger partial charge in [-0.15, -0.1) is 0 Å². The lowest BCUT2D eigenvalue weighted by Crippen LogP contribution is -2.32. The van der Waals surface area contributed by atoms with Crippen molar-refractivity contribution in [1.82, 2.24) is 4.90 Å². The molecule has 0 heterocycles. The fourth-order valence-electron chi connectivity index (χ4n) is 1.24. The lowest BCUT2D eigenvalue weighted by molar-refractivity contribution is 0.300. The van der Waals surface area contributed by atoms with Crippen LogP contribution in [0.5, 0.6) is 0 Å². The second-order valence-electron chi connectivity index (χ2n) is 4.26. The van der Waals surface area contributed by atoms with Gasteiger partial charge in [-0.25, -0.2) is 0 Å². The number of hydrogen-bond donors (Lipinski definition) is 1. The molecule has 3 heteroatoms. The summed E-state index contributed by atoms with van der Waals surface area (Å²) in [6.07, 6.45) is 2.66. The molecule has 0 aromatic carbocycles. The molecule has 0 spiro atoms. The van der Waals surface area contributed by atoms with Crippen LogP contribution in [0.1, 0.15) is 33.1 Å². The van der Waals surface area contributed by atoms with E-state index in [0.29, 0.717) is 18.4 Å². The molecule has 1 atom stereocenters. The van der Waals surface area contributed by atoms with Crippen molar-refractivity contribution in [2.45, 2.75) is 39.2 Å². The van der Waals surface area contributed by atoms with Gasteiger partial charge in [0, 0.05) is 12.5 Å². The lowest BCUT2D eigenvalue weighted by Gasteiger charge is -2.20. The highest BCUT2D eigenvalue weighted by Crippen LogP contribution is 2.03. The molecule has 0 amide bonds. The van der Waals surface area contributed by atoms with Crippen molar-refractivity contribution in [3.63, 3.8) is 0 Å². The molecule has 0 radical (unpaired) electrons. The van der Waals surface area contributed by atoms with Gasteiger partial charge in [-0.2, -0.15) is 5.26 Å². The van der Waals surface area contributed by atoms with E-state index in [2.05, 4.69) is 31.9 Å². The Balaban J connectivity index is 3.44. The predicted octanol–water partition coefficient (Wildman–Crippen LogP) is 1.60. The van der Waals surface area contributed by atoms with Gasteiger partial charge in [-0.05, 0) is 38.9 Å².